The van der Waals surface area contributed by atoms with Crippen LogP contribution in [-0.4, -0.2) is 52.3 Å². The van der Waals surface area contributed by atoms with Crippen LogP contribution in [0.3, 0.4) is 0 Å². The van der Waals surface area contributed by atoms with Crippen LogP contribution in [0.1, 0.15) is 55.3 Å². The third-order valence-corrected chi connectivity index (χ3v) is 9.34. The molecule has 1 aliphatic carbocycles. The van der Waals surface area contributed by atoms with Gasteiger partial charge in [-0.3, -0.25) is 9.69 Å². The molecular formula is C33H38FN7O3. The Hall–Kier alpha value is -4.22. The number of pyridine rings is 3. The summed E-state index contributed by atoms with van der Waals surface area (Å²) in [5.74, 6) is 0.976. The molecule has 2 atom stereocenters. The number of aromatic nitrogens is 3. The molecule has 5 heterocycles. The number of anilines is 2. The maximum absolute atomic E-state index is 15.7. The summed E-state index contributed by atoms with van der Waals surface area (Å²) in [5.41, 5.74) is 15.1. The minimum absolute atomic E-state index is 0.0308. The third-order valence-electron chi connectivity index (χ3n) is 9.34. The van der Waals surface area contributed by atoms with Gasteiger partial charge in [-0.05, 0) is 62.4 Å². The summed E-state index contributed by atoms with van der Waals surface area (Å²) in [5, 5.41) is 0.332. The molecule has 1 aromatic carbocycles. The zero-order valence-electron chi connectivity index (χ0n) is 25.1. The fourth-order valence-corrected chi connectivity index (χ4v) is 6.74. The predicted octanol–water partition coefficient (Wildman–Crippen LogP) is 4.09. The molecule has 2 aliphatic heterocycles. The molecule has 0 amide bonds. The number of rotatable bonds is 8. The Morgan fingerprint density at radius 3 is 2.80 bits per heavy atom. The van der Waals surface area contributed by atoms with E-state index in [1.807, 2.05) is 36.7 Å². The van der Waals surface area contributed by atoms with Crippen LogP contribution >= 0.6 is 0 Å². The first-order valence-electron chi connectivity index (χ1n) is 15.3. The van der Waals surface area contributed by atoms with Crippen molar-refractivity contribution in [2.45, 2.75) is 63.3 Å². The first-order chi connectivity index (χ1) is 21.2. The molecule has 0 bridgehead atoms. The molecule has 230 valence electrons. The van der Waals surface area contributed by atoms with E-state index in [9.17, 15) is 4.79 Å². The number of nitrogen functional groups attached to an aromatic ring is 1. The van der Waals surface area contributed by atoms with Crippen molar-refractivity contribution >= 4 is 22.4 Å². The normalized spacial score (nSPS) is 20.5. The Balaban J connectivity index is 1.29. The average Bonchev–Trinajstić information content (AvgIpc) is 3.78. The Morgan fingerprint density at radius 2 is 2.05 bits per heavy atom. The lowest BCUT2D eigenvalue weighted by Gasteiger charge is -2.40. The van der Waals surface area contributed by atoms with E-state index < -0.39 is 11.4 Å². The number of nitrogens with zero attached hydrogens (tertiary/aromatic N) is 5. The first-order valence-corrected chi connectivity index (χ1v) is 15.3. The molecule has 2 fully saturated rings. The molecule has 11 heteroatoms. The predicted molar refractivity (Wildman–Crippen MR) is 167 cm³/mol. The van der Waals surface area contributed by atoms with Crippen LogP contribution in [0, 0.1) is 5.82 Å². The number of hydrogen-bond acceptors (Lipinski definition) is 9. The van der Waals surface area contributed by atoms with Crippen molar-refractivity contribution in [1.82, 2.24) is 19.4 Å². The number of benzene rings is 1. The molecule has 0 spiro atoms. The highest BCUT2D eigenvalue weighted by Gasteiger charge is 2.46. The quantitative estimate of drug-likeness (QED) is 0.308. The van der Waals surface area contributed by atoms with Crippen molar-refractivity contribution in [3.05, 3.63) is 81.7 Å². The zero-order chi connectivity index (χ0) is 30.6. The summed E-state index contributed by atoms with van der Waals surface area (Å²) < 4.78 is 29.2. The largest absolute Gasteiger partial charge is 0.489 e. The maximum Gasteiger partial charge on any atom is 0.213 e. The van der Waals surface area contributed by atoms with Gasteiger partial charge in [-0.1, -0.05) is 0 Å². The van der Waals surface area contributed by atoms with Gasteiger partial charge in [0.1, 0.15) is 18.2 Å². The summed E-state index contributed by atoms with van der Waals surface area (Å²) in [7, 11) is 1.60. The fraction of sp³-hybridized carbons (Fsp3) is 0.424. The molecule has 7 rings (SSSR count). The molecular weight excluding hydrogens is 561 g/mol. The highest BCUT2D eigenvalue weighted by molar-refractivity contribution is 5.88. The molecule has 4 N–H and O–H groups in total. The van der Waals surface area contributed by atoms with Gasteiger partial charge in [0.15, 0.2) is 11.2 Å². The lowest BCUT2D eigenvalue weighted by atomic mass is 9.97. The summed E-state index contributed by atoms with van der Waals surface area (Å²) in [6.45, 7) is 5.08. The molecule has 4 aromatic rings. The van der Waals surface area contributed by atoms with E-state index in [0.29, 0.717) is 72.0 Å². The van der Waals surface area contributed by atoms with E-state index >= 15 is 4.39 Å². The number of ether oxygens (including phenoxy) is 2. The van der Waals surface area contributed by atoms with Crippen molar-refractivity contribution in [3.63, 3.8) is 0 Å². The molecule has 0 radical (unpaired) electrons. The zero-order valence-corrected chi connectivity index (χ0v) is 25.1. The van der Waals surface area contributed by atoms with Crippen molar-refractivity contribution in [3.8, 4) is 11.6 Å². The number of piperidine rings is 1. The number of nitrogens with two attached hydrogens (primary N) is 2. The summed E-state index contributed by atoms with van der Waals surface area (Å²) in [4.78, 5) is 27.4. The third kappa shape index (κ3) is 5.13. The number of hydrogen-bond donors (Lipinski definition) is 2. The van der Waals surface area contributed by atoms with Gasteiger partial charge in [-0.2, -0.15) is 0 Å². The van der Waals surface area contributed by atoms with Crippen LogP contribution < -0.4 is 31.3 Å². The van der Waals surface area contributed by atoms with Crippen molar-refractivity contribution in [2.24, 2.45) is 5.73 Å². The Bertz CT molecular complexity index is 1770. The Morgan fingerprint density at radius 1 is 1.20 bits per heavy atom. The Labute approximate surface area is 255 Å². The molecule has 1 unspecified atom stereocenters. The second kappa shape index (κ2) is 11.0. The monoisotopic (exact) mass is 599 g/mol. The van der Waals surface area contributed by atoms with E-state index in [0.717, 1.165) is 37.2 Å². The molecule has 1 saturated heterocycles. The van der Waals surface area contributed by atoms with Gasteiger partial charge < -0.3 is 30.4 Å². The Kier molecular flexibility index (Phi) is 7.17. The number of methoxy groups -OCH3 is 1. The van der Waals surface area contributed by atoms with Gasteiger partial charge in [-0.15, -0.1) is 0 Å². The minimum atomic E-state index is -0.733. The second-order valence-corrected chi connectivity index (χ2v) is 12.5. The van der Waals surface area contributed by atoms with Crippen LogP contribution in [0.2, 0.25) is 0 Å². The van der Waals surface area contributed by atoms with Crippen molar-refractivity contribution in [2.75, 3.05) is 37.4 Å². The summed E-state index contributed by atoms with van der Waals surface area (Å²) >= 11 is 0. The summed E-state index contributed by atoms with van der Waals surface area (Å²) in [6.07, 6.45) is 8.85. The van der Waals surface area contributed by atoms with Gasteiger partial charge in [-0.25, -0.2) is 14.4 Å². The van der Waals surface area contributed by atoms with Crippen molar-refractivity contribution < 1.29 is 13.9 Å². The van der Waals surface area contributed by atoms with Crippen molar-refractivity contribution in [1.29, 1.82) is 0 Å². The van der Waals surface area contributed by atoms with E-state index in [-0.39, 0.29) is 17.5 Å². The lowest BCUT2D eigenvalue weighted by Crippen LogP contribution is -2.48. The lowest BCUT2D eigenvalue weighted by molar-refractivity contribution is 0.157. The highest BCUT2D eigenvalue weighted by atomic mass is 19.1. The molecule has 3 aliphatic rings. The highest BCUT2D eigenvalue weighted by Crippen LogP contribution is 2.50. The van der Waals surface area contributed by atoms with Crippen LogP contribution in [-0.2, 0) is 18.6 Å². The van der Waals surface area contributed by atoms with Gasteiger partial charge in [0, 0.05) is 61.8 Å². The molecule has 10 nitrogen and oxygen atoms in total. The summed E-state index contributed by atoms with van der Waals surface area (Å²) in [6, 6.07) is 9.20. The minimum Gasteiger partial charge on any atom is -0.489 e. The van der Waals surface area contributed by atoms with Gasteiger partial charge in [0.2, 0.25) is 5.88 Å². The van der Waals surface area contributed by atoms with E-state index in [2.05, 4.69) is 31.3 Å². The van der Waals surface area contributed by atoms with Crippen LogP contribution in [0.25, 0.3) is 10.9 Å². The number of halogens is 1. The molecule has 3 aromatic heterocycles. The standard InChI is InChI=1S/C33H38FN7O3/c1-20-19-44-32-29(33(36)8-9-33)26(34)13-25-30(32)41(20)17-22(31(25)42)16-40(15-21-7-10-37-28(12-21)43-2)24-4-3-11-39(18-24)23-5-6-27(35)38-14-23/h5-7,10,12-14,17,20,24H,3-4,8-9,11,15-16,18-19,36H2,1-2H3,(H2,35,38)/t20?,24-/m0/s1. The smallest absolute Gasteiger partial charge is 0.213 e. The van der Waals surface area contributed by atoms with Gasteiger partial charge in [0.25, 0.3) is 0 Å². The SMILES string of the molecule is COc1cc(CN(Cc2cn3c4c(c(C5(N)CC5)c(F)cc4c2=O)OCC3C)[C@H]2CCCN(c3ccc(N)nc3)C2)ccn1. The average molecular weight is 600 g/mol. The molecule has 1 saturated carbocycles. The topological polar surface area (TPSA) is 125 Å². The van der Waals surface area contributed by atoms with Gasteiger partial charge >= 0.3 is 0 Å². The van der Waals surface area contributed by atoms with Crippen LogP contribution in [0.15, 0.2) is 53.7 Å². The fourth-order valence-electron chi connectivity index (χ4n) is 6.74. The van der Waals surface area contributed by atoms with Gasteiger partial charge in [0.05, 0.1) is 41.5 Å². The maximum atomic E-state index is 15.7. The van der Waals surface area contributed by atoms with E-state index in [1.54, 1.807) is 13.3 Å². The first kappa shape index (κ1) is 28.5. The molecule has 44 heavy (non-hydrogen) atoms. The van der Waals surface area contributed by atoms with E-state index in [1.165, 1.54) is 6.07 Å². The van der Waals surface area contributed by atoms with Crippen LogP contribution in [0.4, 0.5) is 15.9 Å². The second-order valence-electron chi connectivity index (χ2n) is 12.5. The van der Waals surface area contributed by atoms with E-state index in [4.69, 9.17) is 20.9 Å². The van der Waals surface area contributed by atoms with Crippen LogP contribution in [0.5, 0.6) is 11.6 Å².